The molecule has 0 saturated heterocycles. The van der Waals surface area contributed by atoms with E-state index in [4.69, 9.17) is 0 Å². The molecule has 0 radical (unpaired) electrons. The second-order valence-electron chi connectivity index (χ2n) is 6.52. The number of anilines is 1. The minimum absolute atomic E-state index is 0.0943. The first kappa shape index (κ1) is 18.3. The summed E-state index contributed by atoms with van der Waals surface area (Å²) in [4.78, 5) is 11.4. The van der Waals surface area contributed by atoms with Gasteiger partial charge in [-0.05, 0) is 41.5 Å². The van der Waals surface area contributed by atoms with Gasteiger partial charge in [-0.2, -0.15) is 0 Å². The van der Waals surface area contributed by atoms with Gasteiger partial charge in [0.05, 0.1) is 5.69 Å². The standard InChI is InChI=1S/C22H20N4OS/c1-15-24-25-22(26(15)20-11-6-10-19(13-20)23-16(2)27)28-14-18-9-5-8-17-7-3-4-12-21(17)18/h3-13H,14H2,1-2H3,(H,23,27). The van der Waals surface area contributed by atoms with Crippen LogP contribution in [0.4, 0.5) is 5.69 Å². The molecule has 0 aliphatic rings. The number of hydrogen-bond acceptors (Lipinski definition) is 4. The summed E-state index contributed by atoms with van der Waals surface area (Å²) in [5.74, 6) is 1.51. The van der Waals surface area contributed by atoms with Gasteiger partial charge in [0.2, 0.25) is 5.91 Å². The highest BCUT2D eigenvalue weighted by molar-refractivity contribution is 7.98. The van der Waals surface area contributed by atoms with E-state index in [0.717, 1.165) is 28.1 Å². The zero-order chi connectivity index (χ0) is 19.5. The predicted molar refractivity (Wildman–Crippen MR) is 114 cm³/mol. The number of rotatable bonds is 5. The number of fused-ring (bicyclic) bond motifs is 1. The van der Waals surface area contributed by atoms with E-state index >= 15 is 0 Å². The van der Waals surface area contributed by atoms with Crippen molar-refractivity contribution < 1.29 is 4.79 Å². The first-order valence-corrected chi connectivity index (χ1v) is 10.00. The van der Waals surface area contributed by atoms with Gasteiger partial charge in [-0.25, -0.2) is 0 Å². The third kappa shape index (κ3) is 3.77. The van der Waals surface area contributed by atoms with Crippen LogP contribution in [0.5, 0.6) is 0 Å². The number of thioether (sulfide) groups is 1. The Balaban J connectivity index is 1.63. The van der Waals surface area contributed by atoms with Gasteiger partial charge in [0, 0.05) is 18.4 Å². The van der Waals surface area contributed by atoms with Crippen LogP contribution in [-0.2, 0) is 10.5 Å². The topological polar surface area (TPSA) is 59.8 Å². The van der Waals surface area contributed by atoms with Crippen molar-refractivity contribution in [1.82, 2.24) is 14.8 Å². The molecule has 0 saturated carbocycles. The highest BCUT2D eigenvalue weighted by Crippen LogP contribution is 2.29. The number of nitrogens with one attached hydrogen (secondary N) is 1. The first-order valence-electron chi connectivity index (χ1n) is 9.01. The normalized spacial score (nSPS) is 10.9. The van der Waals surface area contributed by atoms with Gasteiger partial charge in [0.1, 0.15) is 5.82 Å². The van der Waals surface area contributed by atoms with Gasteiger partial charge in [-0.3, -0.25) is 9.36 Å². The molecule has 0 fully saturated rings. The van der Waals surface area contributed by atoms with E-state index in [0.29, 0.717) is 0 Å². The summed E-state index contributed by atoms with van der Waals surface area (Å²) in [6.45, 7) is 3.43. The molecule has 1 aromatic heterocycles. The van der Waals surface area contributed by atoms with Crippen molar-refractivity contribution in [2.45, 2.75) is 24.8 Å². The summed E-state index contributed by atoms with van der Waals surface area (Å²) in [7, 11) is 0. The third-order valence-electron chi connectivity index (χ3n) is 4.46. The zero-order valence-electron chi connectivity index (χ0n) is 15.7. The van der Waals surface area contributed by atoms with Crippen LogP contribution in [0, 0.1) is 6.92 Å². The molecule has 28 heavy (non-hydrogen) atoms. The van der Waals surface area contributed by atoms with Crippen LogP contribution in [0.3, 0.4) is 0 Å². The predicted octanol–water partition coefficient (Wildman–Crippen LogP) is 4.98. The highest BCUT2D eigenvalue weighted by atomic mass is 32.2. The van der Waals surface area contributed by atoms with E-state index in [1.165, 1.54) is 23.3 Å². The van der Waals surface area contributed by atoms with E-state index in [2.05, 4.69) is 58.0 Å². The summed E-state index contributed by atoms with van der Waals surface area (Å²) in [6, 6.07) is 22.5. The first-order chi connectivity index (χ1) is 13.6. The Labute approximate surface area is 167 Å². The van der Waals surface area contributed by atoms with Gasteiger partial charge < -0.3 is 5.32 Å². The maximum Gasteiger partial charge on any atom is 0.221 e. The summed E-state index contributed by atoms with van der Waals surface area (Å²) >= 11 is 1.65. The van der Waals surface area contributed by atoms with E-state index < -0.39 is 0 Å². The maximum atomic E-state index is 11.4. The average molecular weight is 388 g/mol. The fourth-order valence-corrected chi connectivity index (χ4v) is 4.22. The quantitative estimate of drug-likeness (QED) is 0.490. The molecule has 3 aromatic carbocycles. The van der Waals surface area contributed by atoms with Crippen molar-refractivity contribution in [2.75, 3.05) is 5.32 Å². The lowest BCUT2D eigenvalue weighted by Crippen LogP contribution is -2.07. The van der Waals surface area contributed by atoms with E-state index in [-0.39, 0.29) is 5.91 Å². The molecule has 1 N–H and O–H groups in total. The molecule has 5 nitrogen and oxygen atoms in total. The number of nitrogens with zero attached hydrogens (tertiary/aromatic N) is 3. The van der Waals surface area contributed by atoms with Crippen molar-refractivity contribution in [3.63, 3.8) is 0 Å². The molecule has 0 atom stereocenters. The van der Waals surface area contributed by atoms with Gasteiger partial charge in [0.15, 0.2) is 5.16 Å². The van der Waals surface area contributed by atoms with E-state index in [9.17, 15) is 4.79 Å². The fraction of sp³-hybridized carbons (Fsp3) is 0.136. The SMILES string of the molecule is CC(=O)Nc1cccc(-n2c(C)nnc2SCc2cccc3ccccc23)c1. The van der Waals surface area contributed by atoms with Gasteiger partial charge >= 0.3 is 0 Å². The van der Waals surface area contributed by atoms with Crippen molar-refractivity contribution in [1.29, 1.82) is 0 Å². The van der Waals surface area contributed by atoms with Crippen molar-refractivity contribution in [3.8, 4) is 5.69 Å². The molecule has 0 unspecified atom stereocenters. The van der Waals surface area contributed by atoms with Crippen LogP contribution in [0.2, 0.25) is 0 Å². The summed E-state index contributed by atoms with van der Waals surface area (Å²) in [6.07, 6.45) is 0. The Hall–Kier alpha value is -3.12. The number of amides is 1. The Morgan fingerprint density at radius 1 is 1.04 bits per heavy atom. The maximum absolute atomic E-state index is 11.4. The summed E-state index contributed by atoms with van der Waals surface area (Å²) in [5, 5.41) is 14.8. The molecule has 0 bridgehead atoms. The largest absolute Gasteiger partial charge is 0.326 e. The van der Waals surface area contributed by atoms with Crippen molar-refractivity contribution in [3.05, 3.63) is 78.1 Å². The highest BCUT2D eigenvalue weighted by Gasteiger charge is 2.13. The minimum atomic E-state index is -0.0943. The number of aromatic nitrogens is 3. The van der Waals surface area contributed by atoms with Gasteiger partial charge in [0.25, 0.3) is 0 Å². The molecule has 6 heteroatoms. The Morgan fingerprint density at radius 3 is 2.68 bits per heavy atom. The second-order valence-corrected chi connectivity index (χ2v) is 7.47. The van der Waals surface area contributed by atoms with E-state index in [1.54, 1.807) is 11.8 Å². The van der Waals surface area contributed by atoms with Crippen LogP contribution < -0.4 is 5.32 Å². The smallest absolute Gasteiger partial charge is 0.221 e. The van der Waals surface area contributed by atoms with E-state index in [1.807, 2.05) is 35.8 Å². The average Bonchev–Trinajstić information content (AvgIpc) is 3.06. The van der Waals surface area contributed by atoms with Crippen LogP contribution >= 0.6 is 11.8 Å². The molecular weight excluding hydrogens is 368 g/mol. The number of carbonyl (C=O) groups is 1. The summed E-state index contributed by atoms with van der Waals surface area (Å²) in [5.41, 5.74) is 2.94. The molecule has 1 heterocycles. The van der Waals surface area contributed by atoms with Crippen molar-refractivity contribution in [2.24, 2.45) is 0 Å². The fourth-order valence-electron chi connectivity index (χ4n) is 3.22. The third-order valence-corrected chi connectivity index (χ3v) is 5.43. The number of hydrogen-bond donors (Lipinski definition) is 1. The lowest BCUT2D eigenvalue weighted by Gasteiger charge is -2.11. The van der Waals surface area contributed by atoms with Crippen molar-refractivity contribution >= 4 is 34.1 Å². The second kappa shape index (κ2) is 7.86. The van der Waals surface area contributed by atoms with Crippen LogP contribution in [0.1, 0.15) is 18.3 Å². The summed E-state index contributed by atoms with van der Waals surface area (Å²) < 4.78 is 2.01. The molecule has 4 rings (SSSR count). The van der Waals surface area contributed by atoms with Crippen LogP contribution in [-0.4, -0.2) is 20.7 Å². The monoisotopic (exact) mass is 388 g/mol. The molecule has 0 aliphatic carbocycles. The van der Waals surface area contributed by atoms with Crippen LogP contribution in [0.25, 0.3) is 16.5 Å². The van der Waals surface area contributed by atoms with Crippen LogP contribution in [0.15, 0.2) is 71.9 Å². The molecule has 0 spiro atoms. The number of benzene rings is 3. The Morgan fingerprint density at radius 2 is 1.82 bits per heavy atom. The Bertz CT molecular complexity index is 1150. The lowest BCUT2D eigenvalue weighted by atomic mass is 10.1. The molecular formula is C22H20N4OS. The molecule has 0 aliphatic heterocycles. The molecule has 4 aromatic rings. The van der Waals surface area contributed by atoms with Gasteiger partial charge in [-0.15, -0.1) is 10.2 Å². The number of aryl methyl sites for hydroxylation is 1. The molecule has 140 valence electrons. The Kier molecular flexibility index (Phi) is 5.12. The minimum Gasteiger partial charge on any atom is -0.326 e. The molecule has 1 amide bonds. The van der Waals surface area contributed by atoms with Gasteiger partial charge in [-0.1, -0.05) is 60.3 Å². The lowest BCUT2D eigenvalue weighted by molar-refractivity contribution is -0.114. The zero-order valence-corrected chi connectivity index (χ0v) is 16.5. The number of carbonyl (C=O) groups excluding carboxylic acids is 1.